The highest BCUT2D eigenvalue weighted by Crippen LogP contribution is 2.56. The molecule has 2 saturated carbocycles. The van der Waals surface area contributed by atoms with E-state index in [-0.39, 0.29) is 66.2 Å². The Labute approximate surface area is 376 Å². The summed E-state index contributed by atoms with van der Waals surface area (Å²) >= 11 is 0. The molecule has 3 aromatic rings. The fraction of sp³-hybridized carbons (Fsp3) is 0.553. The number of imide groups is 1. The molecule has 3 atom stereocenters. The lowest BCUT2D eigenvalue weighted by Crippen LogP contribution is -2.63. The summed E-state index contributed by atoms with van der Waals surface area (Å²) in [5, 5.41) is 18.8. The van der Waals surface area contributed by atoms with Crippen LogP contribution in [-0.4, -0.2) is 114 Å². The Morgan fingerprint density at radius 3 is 2.48 bits per heavy atom. The molecule has 1 spiro atoms. The average Bonchev–Trinajstić information content (AvgIpc) is 4.08. The minimum Gasteiger partial charge on any atom is -0.495 e. The van der Waals surface area contributed by atoms with Crippen LogP contribution in [-0.2, 0) is 19.2 Å². The van der Waals surface area contributed by atoms with Gasteiger partial charge in [-0.05, 0) is 93.5 Å². The van der Waals surface area contributed by atoms with Gasteiger partial charge in [-0.25, -0.2) is 13.8 Å². The highest BCUT2D eigenvalue weighted by molar-refractivity contribution is 6.04. The fourth-order valence-corrected chi connectivity index (χ4v) is 11.7. The van der Waals surface area contributed by atoms with E-state index in [4.69, 9.17) is 9.72 Å². The molecule has 0 bridgehead atoms. The van der Waals surface area contributed by atoms with Gasteiger partial charge in [-0.1, -0.05) is 19.8 Å². The number of likely N-dealkylation sites (tertiary alicyclic amines) is 1. The van der Waals surface area contributed by atoms with Crippen LogP contribution >= 0.6 is 0 Å². The predicted octanol–water partition coefficient (Wildman–Crippen LogP) is 4.92. The number of anilines is 5. The minimum absolute atomic E-state index is 0.00311. The molecule has 65 heavy (non-hydrogen) atoms. The predicted molar refractivity (Wildman–Crippen MR) is 237 cm³/mol. The third-order valence-corrected chi connectivity index (χ3v) is 14.8. The van der Waals surface area contributed by atoms with E-state index < -0.39 is 34.9 Å². The molecule has 5 fully saturated rings. The van der Waals surface area contributed by atoms with Crippen LogP contribution in [0.3, 0.4) is 0 Å². The molecule has 16 nitrogen and oxygen atoms in total. The summed E-state index contributed by atoms with van der Waals surface area (Å²) in [5.41, 5.74) is 0.643. The van der Waals surface area contributed by atoms with Crippen molar-refractivity contribution in [3.8, 4) is 5.75 Å². The van der Waals surface area contributed by atoms with Crippen molar-refractivity contribution in [2.24, 2.45) is 11.3 Å². The molecule has 4 aliphatic heterocycles. The number of carbonyl (C=O) groups excluding carboxylic acids is 5. The number of rotatable bonds is 12. The summed E-state index contributed by atoms with van der Waals surface area (Å²) in [7, 11) is 3.28. The standard InChI is InChI=1S/C47H57F2N9O7/c1-4-35-44(64)55(2)36-22-50-45(53-40(36)58(35)29-7-5-6-8-29)51-34-11-9-27(19-37(34)65-3)41(61)54-47(15-18-59)24-46(25-47)14-17-57(26-46)43(63)28-13-16-56(23-28)30-20-32(48)39(33(49)21-30)31-10-12-38(60)52-42(31)62/h9,11,19-22,28-29,31,35,59H,4-8,10,12-18,23-26H2,1-3H3,(H,54,61)(H,50,51,53)(H,52,60,62)/t28?,31?,35-,46?,47?/m1/s1. The number of nitrogens with zero attached hydrogens (tertiary/aromatic N) is 6. The van der Waals surface area contributed by atoms with Gasteiger partial charge in [0.05, 0.1) is 30.8 Å². The number of amides is 5. The molecule has 6 aliphatic rings. The summed E-state index contributed by atoms with van der Waals surface area (Å²) in [4.78, 5) is 82.0. The zero-order valence-corrected chi connectivity index (χ0v) is 37.1. The second kappa shape index (κ2) is 17.5. The van der Waals surface area contributed by atoms with Crippen molar-refractivity contribution < 1.29 is 42.6 Å². The van der Waals surface area contributed by atoms with E-state index in [0.717, 1.165) is 32.1 Å². The van der Waals surface area contributed by atoms with Gasteiger partial charge in [-0.15, -0.1) is 0 Å². The van der Waals surface area contributed by atoms with Crippen molar-refractivity contribution in [3.63, 3.8) is 0 Å². The van der Waals surface area contributed by atoms with E-state index in [1.807, 2.05) is 11.8 Å². The number of ether oxygens (including phenoxy) is 1. The second-order valence-corrected chi connectivity index (χ2v) is 18.9. The zero-order valence-electron chi connectivity index (χ0n) is 37.1. The number of hydrogen-bond donors (Lipinski definition) is 4. The maximum Gasteiger partial charge on any atom is 0.251 e. The van der Waals surface area contributed by atoms with E-state index in [2.05, 4.69) is 25.8 Å². The quantitative estimate of drug-likeness (QED) is 0.180. The molecule has 4 N–H and O–H groups in total. The van der Waals surface area contributed by atoms with E-state index in [1.165, 1.54) is 19.2 Å². The average molecular weight is 898 g/mol. The Morgan fingerprint density at radius 2 is 1.78 bits per heavy atom. The minimum atomic E-state index is -1.09. The summed E-state index contributed by atoms with van der Waals surface area (Å²) < 4.78 is 36.4. The smallest absolute Gasteiger partial charge is 0.251 e. The first kappa shape index (κ1) is 44.3. The van der Waals surface area contributed by atoms with Crippen molar-refractivity contribution >= 4 is 58.4 Å². The van der Waals surface area contributed by atoms with Crippen LogP contribution in [0.2, 0.25) is 0 Å². The Bertz CT molecular complexity index is 2380. The molecule has 5 amide bonds. The lowest BCUT2D eigenvalue weighted by atomic mass is 9.55. The Kier molecular flexibility index (Phi) is 11.9. The van der Waals surface area contributed by atoms with Gasteiger partial charge < -0.3 is 40.1 Å². The fourth-order valence-electron chi connectivity index (χ4n) is 11.7. The summed E-state index contributed by atoms with van der Waals surface area (Å²) in [6.45, 7) is 3.68. The first-order valence-corrected chi connectivity index (χ1v) is 22.9. The number of aromatic nitrogens is 2. The van der Waals surface area contributed by atoms with Crippen LogP contribution in [0, 0.1) is 23.0 Å². The van der Waals surface area contributed by atoms with Crippen molar-refractivity contribution in [2.45, 2.75) is 108 Å². The number of methoxy groups -OCH3 is 1. The van der Waals surface area contributed by atoms with Gasteiger partial charge in [0.25, 0.3) is 5.91 Å². The molecule has 2 unspecified atom stereocenters. The number of carbonyl (C=O) groups is 5. The maximum absolute atomic E-state index is 15.3. The van der Waals surface area contributed by atoms with Gasteiger partial charge in [0.1, 0.15) is 29.1 Å². The summed E-state index contributed by atoms with van der Waals surface area (Å²) in [6.07, 6.45) is 9.39. The Hall–Kier alpha value is -5.91. The molecule has 9 rings (SSSR count). The van der Waals surface area contributed by atoms with E-state index in [9.17, 15) is 29.1 Å². The number of aliphatic hydroxyl groups excluding tert-OH is 1. The monoisotopic (exact) mass is 897 g/mol. The van der Waals surface area contributed by atoms with Crippen molar-refractivity contribution in [1.82, 2.24) is 25.5 Å². The van der Waals surface area contributed by atoms with Crippen LogP contribution in [0.4, 0.5) is 37.6 Å². The lowest BCUT2D eigenvalue weighted by Gasteiger charge is -2.55. The van der Waals surface area contributed by atoms with Crippen LogP contribution in [0.5, 0.6) is 5.75 Å². The number of aliphatic hydroxyl groups is 1. The van der Waals surface area contributed by atoms with Crippen LogP contribution in [0.25, 0.3) is 0 Å². The van der Waals surface area contributed by atoms with E-state index in [0.29, 0.717) is 98.4 Å². The van der Waals surface area contributed by atoms with Crippen molar-refractivity contribution in [3.05, 3.63) is 59.3 Å². The molecule has 1 aromatic heterocycles. The van der Waals surface area contributed by atoms with Gasteiger partial charge in [0.2, 0.25) is 29.6 Å². The Balaban J connectivity index is 0.823. The largest absolute Gasteiger partial charge is 0.495 e. The van der Waals surface area contributed by atoms with Gasteiger partial charge in [-0.3, -0.25) is 29.3 Å². The lowest BCUT2D eigenvalue weighted by molar-refractivity contribution is -0.135. The maximum atomic E-state index is 15.3. The Morgan fingerprint density at radius 1 is 1.03 bits per heavy atom. The van der Waals surface area contributed by atoms with Gasteiger partial charge >= 0.3 is 0 Å². The first-order chi connectivity index (χ1) is 31.2. The number of fused-ring (bicyclic) bond motifs is 1. The van der Waals surface area contributed by atoms with Gasteiger partial charge in [0, 0.05) is 74.6 Å². The number of likely N-dealkylation sites (N-methyl/N-ethyl adjacent to an activating group) is 1. The molecule has 0 radical (unpaired) electrons. The first-order valence-electron chi connectivity index (χ1n) is 22.9. The molecule has 2 aromatic carbocycles. The SMILES string of the molecule is CC[C@@H]1C(=O)N(C)c2cnc(Nc3ccc(C(=O)NC4(CCO)CC5(CCN(C(=O)C6CCN(c7cc(F)c(C8CCC(=O)NC8=O)c(F)c7)C6)C5)C4)cc3OC)nc2N1C1CCCC1. The molecule has 5 heterocycles. The van der Waals surface area contributed by atoms with Crippen molar-refractivity contribution in [1.29, 1.82) is 0 Å². The van der Waals surface area contributed by atoms with Crippen LogP contribution < -0.4 is 35.4 Å². The van der Waals surface area contributed by atoms with Crippen molar-refractivity contribution in [2.75, 3.05) is 67.0 Å². The molecule has 18 heteroatoms. The van der Waals surface area contributed by atoms with E-state index in [1.54, 1.807) is 41.2 Å². The normalized spacial score (nSPS) is 26.7. The summed E-state index contributed by atoms with van der Waals surface area (Å²) in [5.74, 6) is -3.20. The number of nitrogens with one attached hydrogen (secondary N) is 3. The number of halogens is 2. The number of piperidine rings is 1. The molecular weight excluding hydrogens is 841 g/mol. The zero-order chi connectivity index (χ0) is 45.8. The molecular formula is C47H57F2N9O7. The van der Waals surface area contributed by atoms with Gasteiger partial charge in [-0.2, -0.15) is 4.98 Å². The molecule has 346 valence electrons. The van der Waals surface area contributed by atoms with Crippen LogP contribution in [0.1, 0.15) is 106 Å². The third kappa shape index (κ3) is 8.22. The highest BCUT2D eigenvalue weighted by atomic mass is 19.1. The summed E-state index contributed by atoms with van der Waals surface area (Å²) in [6, 6.07) is 7.40. The number of benzene rings is 2. The second-order valence-electron chi connectivity index (χ2n) is 18.9. The van der Waals surface area contributed by atoms with E-state index >= 15 is 8.78 Å². The molecule has 3 saturated heterocycles. The number of hydrogen-bond acceptors (Lipinski definition) is 12. The molecule has 2 aliphatic carbocycles. The third-order valence-electron chi connectivity index (χ3n) is 14.8. The van der Waals surface area contributed by atoms with Gasteiger partial charge in [0.15, 0.2) is 5.82 Å². The topological polar surface area (TPSA) is 190 Å². The highest BCUT2D eigenvalue weighted by Gasteiger charge is 2.58. The van der Waals surface area contributed by atoms with Crippen LogP contribution in [0.15, 0.2) is 36.5 Å².